The Bertz CT molecular complexity index is 602. The summed E-state index contributed by atoms with van der Waals surface area (Å²) in [6.07, 6.45) is 0.566. The van der Waals surface area contributed by atoms with Gasteiger partial charge in [0.05, 0.1) is 25.4 Å². The Labute approximate surface area is 129 Å². The monoisotopic (exact) mass is 300 g/mol. The van der Waals surface area contributed by atoms with Crippen molar-refractivity contribution in [2.45, 2.75) is 12.5 Å². The average Bonchev–Trinajstić information content (AvgIpc) is 2.55. The molecule has 3 N–H and O–H groups in total. The Balaban J connectivity index is 1.94. The van der Waals surface area contributed by atoms with E-state index >= 15 is 0 Å². The molecular formula is C17H20N2O3. The molecule has 5 nitrogen and oxygen atoms in total. The fourth-order valence-electron chi connectivity index (χ4n) is 2.15. The number of para-hydroxylation sites is 2. The van der Waals surface area contributed by atoms with Gasteiger partial charge in [-0.2, -0.15) is 0 Å². The van der Waals surface area contributed by atoms with Crippen molar-refractivity contribution in [3.05, 3.63) is 60.2 Å². The Morgan fingerprint density at radius 1 is 1.14 bits per heavy atom. The molecule has 116 valence electrons. The number of urea groups is 1. The topological polar surface area (TPSA) is 70.6 Å². The first kappa shape index (κ1) is 15.9. The molecular weight excluding hydrogens is 280 g/mol. The first-order chi connectivity index (χ1) is 10.7. The SMILES string of the molecule is COc1ccccc1NC(=O)NC(CO)Cc1ccccc1. The first-order valence-electron chi connectivity index (χ1n) is 7.08. The lowest BCUT2D eigenvalue weighted by Gasteiger charge is -2.17. The van der Waals surface area contributed by atoms with Crippen molar-refractivity contribution < 1.29 is 14.6 Å². The molecule has 0 radical (unpaired) electrons. The van der Waals surface area contributed by atoms with E-state index in [1.807, 2.05) is 42.5 Å². The van der Waals surface area contributed by atoms with E-state index in [0.717, 1.165) is 5.56 Å². The van der Waals surface area contributed by atoms with E-state index in [-0.39, 0.29) is 18.7 Å². The van der Waals surface area contributed by atoms with E-state index in [2.05, 4.69) is 10.6 Å². The average molecular weight is 300 g/mol. The normalized spacial score (nSPS) is 11.5. The molecule has 2 aromatic rings. The van der Waals surface area contributed by atoms with Gasteiger partial charge in [0.2, 0.25) is 0 Å². The van der Waals surface area contributed by atoms with Gasteiger partial charge in [0.15, 0.2) is 0 Å². The van der Waals surface area contributed by atoms with E-state index in [4.69, 9.17) is 4.74 Å². The number of benzene rings is 2. The van der Waals surface area contributed by atoms with Crippen molar-refractivity contribution in [1.29, 1.82) is 0 Å². The molecule has 0 aliphatic carbocycles. The summed E-state index contributed by atoms with van der Waals surface area (Å²) in [5.41, 5.74) is 1.64. The van der Waals surface area contributed by atoms with Gasteiger partial charge in [0.25, 0.3) is 0 Å². The number of anilines is 1. The highest BCUT2D eigenvalue weighted by Gasteiger charge is 2.13. The minimum absolute atomic E-state index is 0.131. The van der Waals surface area contributed by atoms with Gasteiger partial charge in [-0.25, -0.2) is 4.79 Å². The number of nitrogens with one attached hydrogen (secondary N) is 2. The summed E-state index contributed by atoms with van der Waals surface area (Å²) in [5.74, 6) is 0.584. The Morgan fingerprint density at radius 2 is 1.82 bits per heavy atom. The minimum atomic E-state index is -0.375. The van der Waals surface area contributed by atoms with Crippen LogP contribution in [0, 0.1) is 0 Å². The van der Waals surface area contributed by atoms with E-state index in [0.29, 0.717) is 17.9 Å². The molecule has 5 heteroatoms. The molecule has 0 aliphatic heterocycles. The third-order valence-electron chi connectivity index (χ3n) is 3.24. The molecule has 0 bridgehead atoms. The van der Waals surface area contributed by atoms with Crippen LogP contribution in [0.3, 0.4) is 0 Å². The number of aliphatic hydroxyl groups excluding tert-OH is 1. The maximum Gasteiger partial charge on any atom is 0.319 e. The number of hydrogen-bond donors (Lipinski definition) is 3. The molecule has 2 amide bonds. The van der Waals surface area contributed by atoms with Crippen LogP contribution in [0.4, 0.5) is 10.5 Å². The Hall–Kier alpha value is -2.53. The summed E-state index contributed by atoms with van der Waals surface area (Å²) in [6, 6.07) is 16.1. The molecule has 1 atom stereocenters. The molecule has 1 unspecified atom stereocenters. The predicted octanol–water partition coefficient (Wildman–Crippen LogP) is 2.42. The quantitative estimate of drug-likeness (QED) is 0.767. The molecule has 2 rings (SSSR count). The number of hydrogen-bond acceptors (Lipinski definition) is 3. The van der Waals surface area contributed by atoms with Gasteiger partial charge in [-0.05, 0) is 24.1 Å². The van der Waals surface area contributed by atoms with Gasteiger partial charge in [0.1, 0.15) is 5.75 Å². The van der Waals surface area contributed by atoms with Crippen molar-refractivity contribution in [1.82, 2.24) is 5.32 Å². The number of methoxy groups -OCH3 is 1. The zero-order valence-corrected chi connectivity index (χ0v) is 12.5. The van der Waals surface area contributed by atoms with Crippen LogP contribution in [-0.2, 0) is 6.42 Å². The summed E-state index contributed by atoms with van der Waals surface area (Å²) in [5, 5.41) is 14.9. The number of aliphatic hydroxyl groups is 1. The van der Waals surface area contributed by atoms with Crippen LogP contribution < -0.4 is 15.4 Å². The van der Waals surface area contributed by atoms with Crippen LogP contribution >= 0.6 is 0 Å². The Kier molecular flexibility index (Phi) is 5.80. The first-order valence-corrected chi connectivity index (χ1v) is 7.08. The molecule has 2 aromatic carbocycles. The zero-order valence-electron chi connectivity index (χ0n) is 12.5. The fraction of sp³-hybridized carbons (Fsp3) is 0.235. The standard InChI is InChI=1S/C17H20N2O3/c1-22-16-10-6-5-9-15(16)19-17(21)18-14(12-20)11-13-7-3-2-4-8-13/h2-10,14,20H,11-12H2,1H3,(H2,18,19,21). The highest BCUT2D eigenvalue weighted by atomic mass is 16.5. The smallest absolute Gasteiger partial charge is 0.319 e. The van der Waals surface area contributed by atoms with Crippen molar-refractivity contribution in [3.8, 4) is 5.75 Å². The van der Waals surface area contributed by atoms with E-state index < -0.39 is 0 Å². The third kappa shape index (κ3) is 4.49. The summed E-state index contributed by atoms with van der Waals surface area (Å²) in [6.45, 7) is -0.131. The molecule has 0 aromatic heterocycles. The largest absolute Gasteiger partial charge is 0.495 e. The van der Waals surface area contributed by atoms with Gasteiger partial charge < -0.3 is 20.5 Å². The van der Waals surface area contributed by atoms with Gasteiger partial charge >= 0.3 is 6.03 Å². The van der Waals surface area contributed by atoms with E-state index in [1.54, 1.807) is 19.2 Å². The molecule has 0 aliphatic rings. The lowest BCUT2D eigenvalue weighted by molar-refractivity contribution is 0.224. The second-order valence-electron chi connectivity index (χ2n) is 4.87. The second kappa shape index (κ2) is 8.05. The summed E-state index contributed by atoms with van der Waals surface area (Å²) in [7, 11) is 1.55. The summed E-state index contributed by atoms with van der Waals surface area (Å²) < 4.78 is 5.18. The van der Waals surface area contributed by atoms with Crippen LogP contribution in [-0.4, -0.2) is 30.9 Å². The fourth-order valence-corrected chi connectivity index (χ4v) is 2.15. The number of amides is 2. The number of carbonyl (C=O) groups is 1. The number of carbonyl (C=O) groups excluding carboxylic acids is 1. The lowest BCUT2D eigenvalue weighted by atomic mass is 10.1. The van der Waals surface area contributed by atoms with Crippen LogP contribution in [0.15, 0.2) is 54.6 Å². The van der Waals surface area contributed by atoms with Crippen molar-refractivity contribution >= 4 is 11.7 Å². The predicted molar refractivity (Wildman–Crippen MR) is 86.2 cm³/mol. The van der Waals surface area contributed by atoms with Crippen molar-refractivity contribution in [3.63, 3.8) is 0 Å². The molecule has 0 fully saturated rings. The van der Waals surface area contributed by atoms with E-state index in [1.165, 1.54) is 0 Å². The van der Waals surface area contributed by atoms with Crippen molar-refractivity contribution in [2.75, 3.05) is 19.0 Å². The molecule has 0 heterocycles. The van der Waals surface area contributed by atoms with Crippen LogP contribution in [0.2, 0.25) is 0 Å². The third-order valence-corrected chi connectivity index (χ3v) is 3.24. The summed E-state index contributed by atoms with van der Waals surface area (Å²) in [4.78, 5) is 12.1. The number of rotatable bonds is 6. The molecule has 0 spiro atoms. The highest BCUT2D eigenvalue weighted by Crippen LogP contribution is 2.22. The number of ether oxygens (including phenoxy) is 1. The van der Waals surface area contributed by atoms with Crippen LogP contribution in [0.25, 0.3) is 0 Å². The molecule has 0 saturated heterocycles. The second-order valence-corrected chi connectivity index (χ2v) is 4.87. The maximum absolute atomic E-state index is 12.1. The van der Waals surface area contributed by atoms with Crippen LogP contribution in [0.5, 0.6) is 5.75 Å². The van der Waals surface area contributed by atoms with Gasteiger partial charge in [-0.1, -0.05) is 42.5 Å². The van der Waals surface area contributed by atoms with E-state index in [9.17, 15) is 9.90 Å². The lowest BCUT2D eigenvalue weighted by Crippen LogP contribution is -2.41. The summed E-state index contributed by atoms with van der Waals surface area (Å²) >= 11 is 0. The van der Waals surface area contributed by atoms with Gasteiger partial charge in [-0.3, -0.25) is 0 Å². The van der Waals surface area contributed by atoms with Crippen LogP contribution in [0.1, 0.15) is 5.56 Å². The van der Waals surface area contributed by atoms with Crippen molar-refractivity contribution in [2.24, 2.45) is 0 Å². The Morgan fingerprint density at radius 3 is 2.50 bits per heavy atom. The zero-order chi connectivity index (χ0) is 15.8. The maximum atomic E-state index is 12.1. The highest BCUT2D eigenvalue weighted by molar-refractivity contribution is 5.91. The van der Waals surface area contributed by atoms with Gasteiger partial charge in [-0.15, -0.1) is 0 Å². The molecule has 22 heavy (non-hydrogen) atoms. The van der Waals surface area contributed by atoms with Gasteiger partial charge in [0, 0.05) is 0 Å². The molecule has 0 saturated carbocycles. The minimum Gasteiger partial charge on any atom is -0.495 e.